The molecule has 1 rings (SSSR count). The quantitative estimate of drug-likeness (QED) is 0.552. The molecular weight excluding hydrogens is 340 g/mol. The molecule has 1 unspecified atom stereocenters. The van der Waals surface area contributed by atoms with Crippen molar-refractivity contribution < 1.29 is 19.4 Å². The highest BCUT2D eigenvalue weighted by atomic mass is 32.1. The average Bonchev–Trinajstić information content (AvgIpc) is 2.60. The fourth-order valence-electron chi connectivity index (χ4n) is 1.92. The number of carbonyl (C=O) groups excluding carboxylic acids is 1. The summed E-state index contributed by atoms with van der Waals surface area (Å²) >= 11 is 4.12. The number of anilines is 1. The number of carboxylic acid groups (broad SMARTS) is 1. The summed E-state index contributed by atoms with van der Waals surface area (Å²) in [5, 5.41) is 11.8. The molecule has 1 aromatic rings. The highest BCUT2D eigenvalue weighted by Crippen LogP contribution is 2.17. The summed E-state index contributed by atoms with van der Waals surface area (Å²) in [5.74, 6) is -1.15. The molecule has 2 N–H and O–H groups in total. The van der Waals surface area contributed by atoms with Crippen LogP contribution in [0.5, 0.6) is 0 Å². The molecule has 6 nitrogen and oxygen atoms in total. The standard InChI is InChI=1S/C18H28N2O4S/c1-5-20(4)14-8-6-13(7-9-14)10-24-11-15(16(21)22)19-17(23)18(2,3)12-25/h6-9,15,25H,5,10-12H2,1-4H3,(H,19,23)(H,21,22). The van der Waals surface area contributed by atoms with Gasteiger partial charge in [-0.3, -0.25) is 4.79 Å². The van der Waals surface area contributed by atoms with E-state index in [1.165, 1.54) is 0 Å². The van der Waals surface area contributed by atoms with Gasteiger partial charge in [0.05, 0.1) is 18.6 Å². The fourth-order valence-corrected chi connectivity index (χ4v) is 2.07. The number of hydrogen-bond donors (Lipinski definition) is 3. The van der Waals surface area contributed by atoms with Gasteiger partial charge in [0.25, 0.3) is 0 Å². The van der Waals surface area contributed by atoms with Crippen LogP contribution in [-0.2, 0) is 20.9 Å². The lowest BCUT2D eigenvalue weighted by molar-refractivity contribution is -0.145. The topological polar surface area (TPSA) is 78.9 Å². The maximum absolute atomic E-state index is 12.1. The molecule has 0 saturated heterocycles. The zero-order valence-electron chi connectivity index (χ0n) is 15.3. The maximum Gasteiger partial charge on any atom is 0.328 e. The Morgan fingerprint density at radius 3 is 2.40 bits per heavy atom. The lowest BCUT2D eigenvalue weighted by Gasteiger charge is -2.24. The van der Waals surface area contributed by atoms with Crippen LogP contribution >= 0.6 is 12.6 Å². The van der Waals surface area contributed by atoms with Crippen LogP contribution in [0, 0.1) is 5.41 Å². The van der Waals surface area contributed by atoms with Crippen molar-refractivity contribution in [2.45, 2.75) is 33.4 Å². The first-order chi connectivity index (χ1) is 11.7. The van der Waals surface area contributed by atoms with Crippen LogP contribution in [0.15, 0.2) is 24.3 Å². The number of carboxylic acids is 1. The minimum absolute atomic E-state index is 0.0969. The first kappa shape index (κ1) is 21.3. The van der Waals surface area contributed by atoms with E-state index < -0.39 is 17.4 Å². The van der Waals surface area contributed by atoms with Gasteiger partial charge in [-0.25, -0.2) is 4.79 Å². The number of ether oxygens (including phenoxy) is 1. The van der Waals surface area contributed by atoms with E-state index in [1.54, 1.807) is 13.8 Å². The lowest BCUT2D eigenvalue weighted by atomic mass is 9.95. The first-order valence-corrected chi connectivity index (χ1v) is 8.87. The Morgan fingerprint density at radius 1 is 1.32 bits per heavy atom. The Morgan fingerprint density at radius 2 is 1.92 bits per heavy atom. The molecule has 25 heavy (non-hydrogen) atoms. The van der Waals surface area contributed by atoms with Gasteiger partial charge < -0.3 is 20.1 Å². The summed E-state index contributed by atoms with van der Waals surface area (Å²) < 4.78 is 5.49. The van der Waals surface area contributed by atoms with Crippen LogP contribution in [0.25, 0.3) is 0 Å². The molecule has 1 aromatic carbocycles. The SMILES string of the molecule is CCN(C)c1ccc(COCC(NC(=O)C(C)(C)CS)C(=O)O)cc1. The zero-order valence-corrected chi connectivity index (χ0v) is 16.2. The number of hydrogen-bond acceptors (Lipinski definition) is 5. The van der Waals surface area contributed by atoms with E-state index in [-0.39, 0.29) is 19.1 Å². The number of benzene rings is 1. The minimum atomic E-state index is -1.12. The van der Waals surface area contributed by atoms with Gasteiger partial charge in [-0.2, -0.15) is 12.6 Å². The van der Waals surface area contributed by atoms with Crippen LogP contribution in [0.1, 0.15) is 26.3 Å². The number of aliphatic carboxylic acids is 1. The highest BCUT2D eigenvalue weighted by molar-refractivity contribution is 7.80. The van der Waals surface area contributed by atoms with E-state index in [1.807, 2.05) is 31.3 Å². The molecule has 140 valence electrons. The van der Waals surface area contributed by atoms with Crippen molar-refractivity contribution in [1.29, 1.82) is 0 Å². The first-order valence-electron chi connectivity index (χ1n) is 8.23. The second kappa shape index (κ2) is 9.68. The van der Waals surface area contributed by atoms with E-state index in [0.29, 0.717) is 5.75 Å². The molecule has 7 heteroatoms. The van der Waals surface area contributed by atoms with Crippen LogP contribution in [0.3, 0.4) is 0 Å². The van der Waals surface area contributed by atoms with Crippen molar-refractivity contribution in [1.82, 2.24) is 5.32 Å². The number of carbonyl (C=O) groups is 2. The van der Waals surface area contributed by atoms with Crippen molar-refractivity contribution in [2.24, 2.45) is 5.41 Å². The van der Waals surface area contributed by atoms with Crippen molar-refractivity contribution in [3.8, 4) is 0 Å². The van der Waals surface area contributed by atoms with Gasteiger partial charge in [-0.05, 0) is 24.6 Å². The third kappa shape index (κ3) is 6.59. The fraction of sp³-hybridized carbons (Fsp3) is 0.556. The molecule has 0 radical (unpaired) electrons. The van der Waals surface area contributed by atoms with Crippen molar-refractivity contribution in [2.75, 3.05) is 30.9 Å². The summed E-state index contributed by atoms with van der Waals surface area (Å²) in [7, 11) is 2.01. The summed E-state index contributed by atoms with van der Waals surface area (Å²) in [6.45, 7) is 6.60. The molecule has 0 bridgehead atoms. The molecule has 0 saturated carbocycles. The van der Waals surface area contributed by atoms with Crippen molar-refractivity contribution in [3.05, 3.63) is 29.8 Å². The maximum atomic E-state index is 12.1. The number of rotatable bonds is 10. The third-order valence-corrected chi connectivity index (χ3v) is 4.81. The average molecular weight is 368 g/mol. The Bertz CT molecular complexity index is 575. The van der Waals surface area contributed by atoms with E-state index in [9.17, 15) is 14.7 Å². The Labute approximate surface area is 155 Å². The Balaban J connectivity index is 2.56. The van der Waals surface area contributed by atoms with E-state index in [4.69, 9.17) is 4.74 Å². The molecule has 1 amide bonds. The minimum Gasteiger partial charge on any atom is -0.480 e. The Hall–Kier alpha value is -1.73. The van der Waals surface area contributed by atoms with Crippen molar-refractivity contribution >= 4 is 30.2 Å². The van der Waals surface area contributed by atoms with E-state index >= 15 is 0 Å². The second-order valence-corrected chi connectivity index (χ2v) is 6.92. The summed E-state index contributed by atoms with van der Waals surface area (Å²) in [4.78, 5) is 25.5. The molecule has 0 fully saturated rings. The number of amides is 1. The van der Waals surface area contributed by atoms with Gasteiger partial charge in [0.1, 0.15) is 0 Å². The normalized spacial score (nSPS) is 12.5. The van der Waals surface area contributed by atoms with Crippen LogP contribution in [-0.4, -0.2) is 49.0 Å². The van der Waals surface area contributed by atoms with Crippen LogP contribution in [0.4, 0.5) is 5.69 Å². The van der Waals surface area contributed by atoms with Gasteiger partial charge in [0, 0.05) is 25.0 Å². The van der Waals surface area contributed by atoms with Gasteiger partial charge in [0.15, 0.2) is 6.04 Å². The van der Waals surface area contributed by atoms with Gasteiger partial charge in [0.2, 0.25) is 5.91 Å². The van der Waals surface area contributed by atoms with Gasteiger partial charge in [-0.1, -0.05) is 26.0 Å². The number of nitrogens with one attached hydrogen (secondary N) is 1. The van der Waals surface area contributed by atoms with E-state index in [0.717, 1.165) is 17.8 Å². The third-order valence-electron chi connectivity index (χ3n) is 4.02. The van der Waals surface area contributed by atoms with E-state index in [2.05, 4.69) is 29.8 Å². The molecule has 0 aliphatic rings. The molecule has 0 aliphatic heterocycles. The summed E-state index contributed by atoms with van der Waals surface area (Å²) in [6.07, 6.45) is 0. The number of nitrogens with zero attached hydrogens (tertiary/aromatic N) is 1. The summed E-state index contributed by atoms with van der Waals surface area (Å²) in [6, 6.07) is 6.79. The largest absolute Gasteiger partial charge is 0.480 e. The summed E-state index contributed by atoms with van der Waals surface area (Å²) in [5.41, 5.74) is 1.31. The molecule has 0 heterocycles. The predicted octanol–water partition coefficient (Wildman–Crippen LogP) is 2.18. The Kier molecular flexibility index (Phi) is 8.25. The predicted molar refractivity (Wildman–Crippen MR) is 102 cm³/mol. The monoisotopic (exact) mass is 368 g/mol. The highest BCUT2D eigenvalue weighted by Gasteiger charge is 2.30. The van der Waals surface area contributed by atoms with Crippen LogP contribution < -0.4 is 10.2 Å². The number of thiol groups is 1. The lowest BCUT2D eigenvalue weighted by Crippen LogP contribution is -2.49. The second-order valence-electron chi connectivity index (χ2n) is 6.60. The van der Waals surface area contributed by atoms with Crippen molar-refractivity contribution in [3.63, 3.8) is 0 Å². The molecule has 1 atom stereocenters. The molecule has 0 spiro atoms. The molecule has 0 aliphatic carbocycles. The van der Waals surface area contributed by atoms with Crippen LogP contribution in [0.2, 0.25) is 0 Å². The van der Waals surface area contributed by atoms with Gasteiger partial charge in [-0.15, -0.1) is 0 Å². The molecule has 0 aromatic heterocycles. The van der Waals surface area contributed by atoms with Gasteiger partial charge >= 0.3 is 5.97 Å². The smallest absolute Gasteiger partial charge is 0.328 e. The molecular formula is C18H28N2O4S. The zero-order chi connectivity index (χ0) is 19.0.